The van der Waals surface area contributed by atoms with Gasteiger partial charge >= 0.3 is 6.09 Å². The zero-order valence-corrected chi connectivity index (χ0v) is 16.2. The van der Waals surface area contributed by atoms with Crippen molar-refractivity contribution in [2.24, 2.45) is 5.41 Å². The lowest BCUT2D eigenvalue weighted by Gasteiger charge is -2.40. The quantitative estimate of drug-likeness (QED) is 0.744. The molecule has 0 aliphatic carbocycles. The molecular weight excluding hydrogens is 288 g/mol. The predicted octanol–water partition coefficient (Wildman–Crippen LogP) is 4.58. The van der Waals surface area contributed by atoms with Gasteiger partial charge < -0.3 is 15.0 Å². The van der Waals surface area contributed by atoms with Gasteiger partial charge in [-0.2, -0.15) is 0 Å². The molecule has 0 aromatic rings. The van der Waals surface area contributed by atoms with Crippen molar-refractivity contribution in [2.45, 2.75) is 91.7 Å². The SMILES string of the molecule is CCCCC(CC)NCC1(C)CCN(C(=O)OC(C)(C)C)CC1. The van der Waals surface area contributed by atoms with Crippen LogP contribution in [0.2, 0.25) is 0 Å². The Labute approximate surface area is 143 Å². The van der Waals surface area contributed by atoms with E-state index in [0.29, 0.717) is 6.04 Å². The lowest BCUT2D eigenvalue weighted by molar-refractivity contribution is 0.0117. The molecule has 4 nitrogen and oxygen atoms in total. The van der Waals surface area contributed by atoms with Gasteiger partial charge in [-0.15, -0.1) is 0 Å². The van der Waals surface area contributed by atoms with E-state index in [4.69, 9.17) is 4.74 Å². The molecule has 1 aliphatic rings. The summed E-state index contributed by atoms with van der Waals surface area (Å²) in [7, 11) is 0. The van der Waals surface area contributed by atoms with Gasteiger partial charge in [-0.1, -0.05) is 33.6 Å². The van der Waals surface area contributed by atoms with E-state index in [1.54, 1.807) is 0 Å². The van der Waals surface area contributed by atoms with Crippen molar-refractivity contribution in [1.29, 1.82) is 0 Å². The van der Waals surface area contributed by atoms with Crippen molar-refractivity contribution in [1.82, 2.24) is 10.2 Å². The minimum atomic E-state index is -0.410. The summed E-state index contributed by atoms with van der Waals surface area (Å²) >= 11 is 0. The number of carbonyl (C=O) groups is 1. The Morgan fingerprint density at radius 1 is 1.26 bits per heavy atom. The van der Waals surface area contributed by atoms with Gasteiger partial charge in [0.15, 0.2) is 0 Å². The highest BCUT2D eigenvalue weighted by molar-refractivity contribution is 5.68. The molecule has 1 heterocycles. The van der Waals surface area contributed by atoms with Crippen LogP contribution < -0.4 is 5.32 Å². The van der Waals surface area contributed by atoms with Gasteiger partial charge in [-0.25, -0.2) is 4.79 Å². The Bertz CT molecular complexity index is 355. The van der Waals surface area contributed by atoms with E-state index < -0.39 is 5.60 Å². The minimum Gasteiger partial charge on any atom is -0.444 e. The summed E-state index contributed by atoms with van der Waals surface area (Å²) in [6.07, 6.45) is 6.96. The minimum absolute atomic E-state index is 0.165. The van der Waals surface area contributed by atoms with Crippen LogP contribution in [0, 0.1) is 5.41 Å². The standard InChI is InChI=1S/C19H38N2O2/c1-7-9-10-16(8-2)20-15-19(6)11-13-21(14-12-19)17(22)23-18(3,4)5/h16,20H,7-15H2,1-6H3. The molecule has 0 bridgehead atoms. The lowest BCUT2D eigenvalue weighted by atomic mass is 9.80. The molecule has 1 saturated heterocycles. The predicted molar refractivity (Wildman–Crippen MR) is 96.8 cm³/mol. The highest BCUT2D eigenvalue weighted by Gasteiger charge is 2.33. The van der Waals surface area contributed by atoms with Crippen molar-refractivity contribution < 1.29 is 9.53 Å². The summed E-state index contributed by atoms with van der Waals surface area (Å²) in [6.45, 7) is 15.3. The molecule has 0 saturated carbocycles. The Morgan fingerprint density at radius 2 is 1.87 bits per heavy atom. The van der Waals surface area contributed by atoms with Crippen molar-refractivity contribution in [3.63, 3.8) is 0 Å². The Balaban J connectivity index is 2.39. The fraction of sp³-hybridized carbons (Fsp3) is 0.947. The third kappa shape index (κ3) is 7.56. The van der Waals surface area contributed by atoms with E-state index >= 15 is 0 Å². The number of carbonyl (C=O) groups excluding carboxylic acids is 1. The molecule has 0 aromatic heterocycles. The van der Waals surface area contributed by atoms with E-state index in [9.17, 15) is 4.79 Å². The number of likely N-dealkylation sites (tertiary alicyclic amines) is 1. The fourth-order valence-corrected chi connectivity index (χ4v) is 3.02. The topological polar surface area (TPSA) is 41.6 Å². The zero-order valence-electron chi connectivity index (χ0n) is 16.2. The largest absolute Gasteiger partial charge is 0.444 e. The summed E-state index contributed by atoms with van der Waals surface area (Å²) in [5.41, 5.74) is -0.120. The summed E-state index contributed by atoms with van der Waals surface area (Å²) in [4.78, 5) is 14.0. The second-order valence-electron chi connectivity index (χ2n) is 8.41. The van der Waals surface area contributed by atoms with Gasteiger partial charge in [-0.3, -0.25) is 0 Å². The average Bonchev–Trinajstić information content (AvgIpc) is 2.46. The molecular formula is C19H38N2O2. The third-order valence-corrected chi connectivity index (χ3v) is 4.84. The van der Waals surface area contributed by atoms with Gasteiger partial charge in [0.1, 0.15) is 5.60 Å². The summed E-state index contributed by atoms with van der Waals surface area (Å²) < 4.78 is 5.48. The first-order chi connectivity index (χ1) is 10.7. The molecule has 0 aromatic carbocycles. The maximum absolute atomic E-state index is 12.1. The molecule has 136 valence electrons. The molecule has 0 radical (unpaired) electrons. The number of ether oxygens (including phenoxy) is 1. The first kappa shape index (κ1) is 20.3. The maximum Gasteiger partial charge on any atom is 0.410 e. The van der Waals surface area contributed by atoms with Gasteiger partial charge in [0, 0.05) is 25.7 Å². The van der Waals surface area contributed by atoms with Crippen LogP contribution in [-0.4, -0.2) is 42.3 Å². The van der Waals surface area contributed by atoms with Crippen LogP contribution >= 0.6 is 0 Å². The van der Waals surface area contributed by atoms with Gasteiger partial charge in [0.25, 0.3) is 0 Å². The lowest BCUT2D eigenvalue weighted by Crippen LogP contribution is -2.48. The van der Waals surface area contributed by atoms with Crippen LogP contribution in [-0.2, 0) is 4.74 Å². The first-order valence-electron chi connectivity index (χ1n) is 9.40. The van der Waals surface area contributed by atoms with E-state index in [0.717, 1.165) is 32.5 Å². The normalized spacial score (nSPS) is 19.5. The van der Waals surface area contributed by atoms with Crippen LogP contribution in [0.25, 0.3) is 0 Å². The van der Waals surface area contributed by atoms with Gasteiger partial charge in [-0.05, 0) is 51.9 Å². The molecule has 1 aliphatic heterocycles. The highest BCUT2D eigenvalue weighted by Crippen LogP contribution is 2.31. The smallest absolute Gasteiger partial charge is 0.410 e. The third-order valence-electron chi connectivity index (χ3n) is 4.84. The summed E-state index contributed by atoms with van der Waals surface area (Å²) in [5.74, 6) is 0. The average molecular weight is 327 g/mol. The molecule has 4 heteroatoms. The first-order valence-corrected chi connectivity index (χ1v) is 9.40. The Morgan fingerprint density at radius 3 is 2.35 bits per heavy atom. The fourth-order valence-electron chi connectivity index (χ4n) is 3.02. The highest BCUT2D eigenvalue weighted by atomic mass is 16.6. The molecule has 1 fully saturated rings. The number of piperidine rings is 1. The number of unbranched alkanes of at least 4 members (excludes halogenated alkanes) is 1. The number of rotatable bonds is 7. The molecule has 1 atom stereocenters. The van der Waals surface area contributed by atoms with Gasteiger partial charge in [0.2, 0.25) is 0 Å². The maximum atomic E-state index is 12.1. The summed E-state index contributed by atoms with van der Waals surface area (Å²) in [6, 6.07) is 0.635. The molecule has 1 N–H and O–H groups in total. The van der Waals surface area contributed by atoms with Crippen LogP contribution in [0.4, 0.5) is 4.79 Å². The zero-order chi connectivity index (χ0) is 17.5. The van der Waals surface area contributed by atoms with E-state index in [1.807, 2.05) is 25.7 Å². The number of amides is 1. The van der Waals surface area contributed by atoms with Crippen LogP contribution in [0.3, 0.4) is 0 Å². The van der Waals surface area contributed by atoms with E-state index in [2.05, 4.69) is 26.1 Å². The second kappa shape index (κ2) is 8.91. The molecule has 0 spiro atoms. The molecule has 1 amide bonds. The number of hydrogen-bond donors (Lipinski definition) is 1. The van der Waals surface area contributed by atoms with E-state index in [1.165, 1.54) is 25.7 Å². The van der Waals surface area contributed by atoms with Gasteiger partial charge in [0.05, 0.1) is 0 Å². The van der Waals surface area contributed by atoms with Crippen LogP contribution in [0.5, 0.6) is 0 Å². The molecule has 1 rings (SSSR count). The number of hydrogen-bond acceptors (Lipinski definition) is 3. The Hall–Kier alpha value is -0.770. The van der Waals surface area contributed by atoms with Crippen LogP contribution in [0.1, 0.15) is 80.1 Å². The van der Waals surface area contributed by atoms with Crippen molar-refractivity contribution >= 4 is 6.09 Å². The van der Waals surface area contributed by atoms with Crippen LogP contribution in [0.15, 0.2) is 0 Å². The van der Waals surface area contributed by atoms with E-state index in [-0.39, 0.29) is 11.5 Å². The van der Waals surface area contributed by atoms with Crippen molar-refractivity contribution in [2.75, 3.05) is 19.6 Å². The number of nitrogens with zero attached hydrogens (tertiary/aromatic N) is 1. The molecule has 23 heavy (non-hydrogen) atoms. The second-order valence-corrected chi connectivity index (χ2v) is 8.41. The molecule has 1 unspecified atom stereocenters. The van der Waals surface area contributed by atoms with Crippen molar-refractivity contribution in [3.05, 3.63) is 0 Å². The Kier molecular flexibility index (Phi) is 7.85. The summed E-state index contributed by atoms with van der Waals surface area (Å²) in [5, 5.41) is 3.76. The van der Waals surface area contributed by atoms with Crippen molar-refractivity contribution in [3.8, 4) is 0 Å². The number of nitrogens with one attached hydrogen (secondary N) is 1. The monoisotopic (exact) mass is 326 g/mol.